The molecular formula is C17H27IN6O2. The number of nitrogens with one attached hydrogen (secondary N) is 2. The molecule has 9 heteroatoms. The predicted octanol–water partition coefficient (Wildman–Crippen LogP) is 1.96. The van der Waals surface area contributed by atoms with Crippen LogP contribution in [0.1, 0.15) is 19.7 Å². The Kier molecular flexibility index (Phi) is 9.78. The van der Waals surface area contributed by atoms with Gasteiger partial charge in [-0.15, -0.1) is 34.2 Å². The van der Waals surface area contributed by atoms with Crippen molar-refractivity contribution in [3.8, 4) is 11.5 Å². The predicted molar refractivity (Wildman–Crippen MR) is 112 cm³/mol. The number of hydrogen-bond donors (Lipinski definition) is 2. The molecule has 1 aromatic heterocycles. The zero-order valence-electron chi connectivity index (χ0n) is 15.6. The molecule has 8 nitrogen and oxygen atoms in total. The van der Waals surface area contributed by atoms with E-state index in [0.29, 0.717) is 19.0 Å². The van der Waals surface area contributed by atoms with Gasteiger partial charge in [-0.2, -0.15) is 0 Å². The summed E-state index contributed by atoms with van der Waals surface area (Å²) in [7, 11) is 3.53. The molecule has 1 atom stereocenters. The summed E-state index contributed by atoms with van der Waals surface area (Å²) in [6, 6.07) is 7.60. The summed E-state index contributed by atoms with van der Waals surface area (Å²) in [6.07, 6.45) is 1.60. The van der Waals surface area contributed by atoms with Gasteiger partial charge in [0.2, 0.25) is 0 Å². The van der Waals surface area contributed by atoms with Crippen LogP contribution >= 0.6 is 24.0 Å². The lowest BCUT2D eigenvalue weighted by Crippen LogP contribution is -2.41. The van der Waals surface area contributed by atoms with Crippen LogP contribution in [0, 0.1) is 0 Å². The average Bonchev–Trinajstić information content (AvgIpc) is 3.03. The lowest BCUT2D eigenvalue weighted by Gasteiger charge is -2.19. The first kappa shape index (κ1) is 22.0. The molecule has 1 aromatic carbocycles. The highest BCUT2D eigenvalue weighted by Gasteiger charge is 2.09. The fraction of sp³-hybridized carbons (Fsp3) is 0.471. The molecule has 0 aliphatic heterocycles. The maximum atomic E-state index is 5.94. The number of halogens is 1. The van der Waals surface area contributed by atoms with Crippen LogP contribution in [0.4, 0.5) is 0 Å². The maximum Gasteiger partial charge on any atom is 0.191 e. The van der Waals surface area contributed by atoms with E-state index >= 15 is 0 Å². The summed E-state index contributed by atoms with van der Waals surface area (Å²) in [6.45, 7) is 5.84. The molecule has 144 valence electrons. The Morgan fingerprint density at radius 2 is 2.00 bits per heavy atom. The van der Waals surface area contributed by atoms with Crippen molar-refractivity contribution in [1.29, 1.82) is 0 Å². The van der Waals surface area contributed by atoms with E-state index in [2.05, 4.69) is 25.8 Å². The highest BCUT2D eigenvalue weighted by Crippen LogP contribution is 2.26. The van der Waals surface area contributed by atoms with Gasteiger partial charge in [0.25, 0.3) is 0 Å². The van der Waals surface area contributed by atoms with E-state index in [9.17, 15) is 0 Å². The van der Waals surface area contributed by atoms with Crippen LogP contribution in [0.2, 0.25) is 0 Å². The van der Waals surface area contributed by atoms with E-state index in [1.54, 1.807) is 13.4 Å². The van der Waals surface area contributed by atoms with E-state index in [1.807, 2.05) is 49.7 Å². The summed E-state index contributed by atoms with van der Waals surface area (Å²) < 4.78 is 13.1. The number of aromatic nitrogens is 3. The van der Waals surface area contributed by atoms with Crippen LogP contribution in [0.5, 0.6) is 11.5 Å². The summed E-state index contributed by atoms with van der Waals surface area (Å²) in [5, 5.41) is 14.4. The Hall–Kier alpha value is -2.04. The van der Waals surface area contributed by atoms with Gasteiger partial charge in [-0.25, -0.2) is 4.99 Å². The molecule has 0 aliphatic carbocycles. The number of hydrogen-bond acceptors (Lipinski definition) is 5. The van der Waals surface area contributed by atoms with Gasteiger partial charge in [-0.1, -0.05) is 12.1 Å². The molecule has 0 radical (unpaired) electrons. The number of nitrogens with zero attached hydrogens (tertiary/aromatic N) is 4. The number of methoxy groups -OCH3 is 1. The second-order valence-corrected chi connectivity index (χ2v) is 5.51. The zero-order chi connectivity index (χ0) is 18.1. The average molecular weight is 474 g/mol. The van der Waals surface area contributed by atoms with Crippen molar-refractivity contribution in [3.05, 3.63) is 36.4 Å². The molecule has 0 bridgehead atoms. The smallest absolute Gasteiger partial charge is 0.191 e. The highest BCUT2D eigenvalue weighted by atomic mass is 127. The standard InChI is InChI=1S/C17H26N6O2.HI/c1-5-18-17(20-11-16-22-21-12-23(16)3)19-10-13(2)25-15-9-7-6-8-14(15)24-4;/h6-9,12-13H,5,10-11H2,1-4H3,(H2,18,19,20);1H. The second-order valence-electron chi connectivity index (χ2n) is 5.51. The number of aliphatic imine (C=N–C) groups is 1. The minimum atomic E-state index is -0.0602. The molecule has 26 heavy (non-hydrogen) atoms. The molecule has 0 saturated heterocycles. The van der Waals surface area contributed by atoms with Gasteiger partial charge < -0.3 is 24.7 Å². The topological polar surface area (TPSA) is 85.6 Å². The van der Waals surface area contributed by atoms with Gasteiger partial charge >= 0.3 is 0 Å². The monoisotopic (exact) mass is 474 g/mol. The fourth-order valence-corrected chi connectivity index (χ4v) is 2.16. The van der Waals surface area contributed by atoms with Crippen molar-refractivity contribution >= 4 is 29.9 Å². The van der Waals surface area contributed by atoms with E-state index in [-0.39, 0.29) is 30.1 Å². The molecule has 1 heterocycles. The van der Waals surface area contributed by atoms with Crippen LogP contribution < -0.4 is 20.1 Å². The van der Waals surface area contributed by atoms with E-state index < -0.39 is 0 Å². The Bertz CT molecular complexity index is 691. The zero-order valence-corrected chi connectivity index (χ0v) is 17.9. The fourth-order valence-electron chi connectivity index (χ4n) is 2.16. The SMILES string of the molecule is CCNC(=NCc1nncn1C)NCC(C)Oc1ccccc1OC.I. The molecule has 0 saturated carbocycles. The summed E-state index contributed by atoms with van der Waals surface area (Å²) in [5.41, 5.74) is 0. The highest BCUT2D eigenvalue weighted by molar-refractivity contribution is 14.0. The summed E-state index contributed by atoms with van der Waals surface area (Å²) >= 11 is 0. The van der Waals surface area contributed by atoms with Crippen molar-refractivity contribution in [2.24, 2.45) is 12.0 Å². The second kappa shape index (κ2) is 11.6. The van der Waals surface area contributed by atoms with Gasteiger partial charge in [-0.05, 0) is 26.0 Å². The van der Waals surface area contributed by atoms with Gasteiger partial charge in [-0.3, -0.25) is 0 Å². The maximum absolute atomic E-state index is 5.94. The van der Waals surface area contributed by atoms with Crippen molar-refractivity contribution in [3.63, 3.8) is 0 Å². The van der Waals surface area contributed by atoms with Crippen molar-refractivity contribution in [2.45, 2.75) is 26.5 Å². The largest absolute Gasteiger partial charge is 0.493 e. The Morgan fingerprint density at radius 3 is 2.62 bits per heavy atom. The van der Waals surface area contributed by atoms with Gasteiger partial charge in [0.05, 0.1) is 13.7 Å². The third-order valence-corrected chi connectivity index (χ3v) is 3.48. The van der Waals surface area contributed by atoms with Gasteiger partial charge in [0, 0.05) is 13.6 Å². The van der Waals surface area contributed by atoms with Crippen LogP contribution in [-0.2, 0) is 13.6 Å². The molecule has 2 aromatic rings. The lowest BCUT2D eigenvalue weighted by atomic mass is 10.3. The van der Waals surface area contributed by atoms with Gasteiger partial charge in [0.15, 0.2) is 23.3 Å². The Labute approximate surface area is 171 Å². The van der Waals surface area contributed by atoms with Crippen LogP contribution in [0.15, 0.2) is 35.6 Å². The normalized spacial score (nSPS) is 12.1. The lowest BCUT2D eigenvalue weighted by molar-refractivity contribution is 0.213. The molecule has 0 amide bonds. The van der Waals surface area contributed by atoms with E-state index in [1.165, 1.54) is 0 Å². The van der Waals surface area contributed by atoms with Crippen molar-refractivity contribution in [2.75, 3.05) is 20.2 Å². The third-order valence-electron chi connectivity index (χ3n) is 3.48. The molecule has 2 N–H and O–H groups in total. The van der Waals surface area contributed by atoms with Crippen molar-refractivity contribution < 1.29 is 9.47 Å². The first-order chi connectivity index (χ1) is 12.1. The van der Waals surface area contributed by atoms with Crippen molar-refractivity contribution in [1.82, 2.24) is 25.4 Å². The minimum absolute atomic E-state index is 0. The number of para-hydroxylation sites is 2. The van der Waals surface area contributed by atoms with Gasteiger partial charge in [0.1, 0.15) is 19.0 Å². The Morgan fingerprint density at radius 1 is 1.27 bits per heavy atom. The van der Waals surface area contributed by atoms with Crippen LogP contribution in [0.3, 0.4) is 0 Å². The first-order valence-corrected chi connectivity index (χ1v) is 8.28. The first-order valence-electron chi connectivity index (χ1n) is 8.28. The molecular weight excluding hydrogens is 447 g/mol. The number of ether oxygens (including phenoxy) is 2. The summed E-state index contributed by atoms with van der Waals surface area (Å²) in [4.78, 5) is 4.52. The molecule has 0 fully saturated rings. The third kappa shape index (κ3) is 6.70. The number of rotatable bonds is 8. The number of guanidine groups is 1. The Balaban J connectivity index is 0.00000338. The molecule has 1 unspecified atom stereocenters. The van der Waals surface area contributed by atoms with Crippen LogP contribution in [-0.4, -0.2) is 47.0 Å². The van der Waals surface area contributed by atoms with Crippen LogP contribution in [0.25, 0.3) is 0 Å². The number of aryl methyl sites for hydroxylation is 1. The quantitative estimate of drug-likeness (QED) is 0.346. The number of benzene rings is 1. The molecule has 0 spiro atoms. The molecule has 0 aliphatic rings. The summed E-state index contributed by atoms with van der Waals surface area (Å²) in [5.74, 6) is 2.95. The van der Waals surface area contributed by atoms with E-state index in [4.69, 9.17) is 9.47 Å². The molecule has 2 rings (SSSR count). The minimum Gasteiger partial charge on any atom is -0.493 e. The van der Waals surface area contributed by atoms with E-state index in [0.717, 1.165) is 23.9 Å².